The second kappa shape index (κ2) is 3.42. The first kappa shape index (κ1) is 9.77. The van der Waals surface area contributed by atoms with E-state index >= 15 is 0 Å². The molecule has 0 saturated heterocycles. The zero-order valence-electron chi connectivity index (χ0n) is 7.29. The summed E-state index contributed by atoms with van der Waals surface area (Å²) in [4.78, 5) is 26.2. The molecule has 9 heteroatoms. The number of nitrogens with two attached hydrogens (primary N) is 1. The lowest BCUT2D eigenvalue weighted by molar-refractivity contribution is 0.0997. The molecule has 2 heterocycles. The number of imidazole rings is 1. The molecule has 8 nitrogen and oxygen atoms in total. The molecule has 0 radical (unpaired) electrons. The van der Waals surface area contributed by atoms with Crippen molar-refractivity contribution >= 4 is 27.5 Å². The lowest BCUT2D eigenvalue weighted by Gasteiger charge is -1.97. The van der Waals surface area contributed by atoms with Crippen LogP contribution in [0.5, 0.6) is 0 Å². The lowest BCUT2D eigenvalue weighted by Crippen LogP contribution is -2.28. The van der Waals surface area contributed by atoms with Crippen molar-refractivity contribution < 1.29 is 4.79 Å². The van der Waals surface area contributed by atoms with Gasteiger partial charge in [0, 0.05) is 0 Å². The number of carbonyl (C=O) groups is 1. The molecule has 2 aromatic heterocycles. The fourth-order valence-electron chi connectivity index (χ4n) is 1.09. The Hall–Kier alpha value is -1.77. The molecule has 78 valence electrons. The van der Waals surface area contributed by atoms with Gasteiger partial charge in [-0.15, -0.1) is 5.10 Å². The van der Waals surface area contributed by atoms with Crippen LogP contribution in [0.15, 0.2) is 11.1 Å². The van der Waals surface area contributed by atoms with Gasteiger partial charge in [-0.05, 0) is 0 Å². The number of amides is 1. The van der Waals surface area contributed by atoms with Crippen LogP contribution in [0.2, 0.25) is 0 Å². The molecule has 2 aromatic rings. The topological polar surface area (TPSA) is 108 Å². The van der Waals surface area contributed by atoms with Gasteiger partial charge in [-0.25, -0.2) is 14.2 Å². The van der Waals surface area contributed by atoms with Crippen LogP contribution in [-0.4, -0.2) is 30.3 Å². The van der Waals surface area contributed by atoms with Crippen LogP contribution in [0.3, 0.4) is 0 Å². The fraction of sp³-hybridized carbons (Fsp3) is 0.167. The zero-order chi connectivity index (χ0) is 11.0. The Morgan fingerprint density at radius 3 is 2.93 bits per heavy atom. The van der Waals surface area contributed by atoms with Crippen molar-refractivity contribution in [2.75, 3.05) is 0 Å². The van der Waals surface area contributed by atoms with E-state index in [1.165, 1.54) is 6.33 Å². The van der Waals surface area contributed by atoms with Gasteiger partial charge in [-0.1, -0.05) is 21.1 Å². The van der Waals surface area contributed by atoms with Gasteiger partial charge >= 0.3 is 5.69 Å². The molecule has 0 aliphatic rings. The van der Waals surface area contributed by atoms with Crippen LogP contribution in [0.1, 0.15) is 10.5 Å². The minimum absolute atomic E-state index is 0.0599. The van der Waals surface area contributed by atoms with Gasteiger partial charge in [0.15, 0.2) is 11.3 Å². The normalized spacial score (nSPS) is 10.7. The van der Waals surface area contributed by atoms with Crippen molar-refractivity contribution in [3.8, 4) is 0 Å². The summed E-state index contributed by atoms with van der Waals surface area (Å²) in [5.41, 5.74) is 4.80. The van der Waals surface area contributed by atoms with E-state index in [1.54, 1.807) is 0 Å². The fourth-order valence-corrected chi connectivity index (χ4v) is 1.40. The van der Waals surface area contributed by atoms with Crippen molar-refractivity contribution in [3.63, 3.8) is 0 Å². The average Bonchev–Trinajstić information content (AvgIpc) is 2.62. The van der Waals surface area contributed by atoms with Gasteiger partial charge in [0.2, 0.25) is 0 Å². The average molecular weight is 273 g/mol. The molecule has 2 N–H and O–H groups in total. The van der Waals surface area contributed by atoms with Crippen LogP contribution < -0.4 is 11.4 Å². The first-order valence-corrected chi connectivity index (χ1v) is 4.94. The molecule has 0 saturated carbocycles. The molecule has 0 atom stereocenters. The monoisotopic (exact) mass is 272 g/mol. The molecular weight excluding hydrogens is 268 g/mol. The minimum atomic E-state index is -0.747. The number of hydrogen-bond acceptors (Lipinski definition) is 5. The van der Waals surface area contributed by atoms with E-state index in [1.807, 2.05) is 0 Å². The highest BCUT2D eigenvalue weighted by Crippen LogP contribution is 2.00. The lowest BCUT2D eigenvalue weighted by atomic mass is 10.4. The molecule has 15 heavy (non-hydrogen) atoms. The Kier molecular flexibility index (Phi) is 2.23. The van der Waals surface area contributed by atoms with Crippen molar-refractivity contribution in [3.05, 3.63) is 22.5 Å². The summed E-state index contributed by atoms with van der Waals surface area (Å²) in [5, 5.41) is 7.26. The SMILES string of the molecule is NC(=O)c1ncn2c(=O)n(CBr)nnc12. The Labute approximate surface area is 90.8 Å². The van der Waals surface area contributed by atoms with Gasteiger partial charge in [0.25, 0.3) is 5.91 Å². The largest absolute Gasteiger partial charge is 0.364 e. The summed E-state index contributed by atoms with van der Waals surface area (Å²) < 4.78 is 2.17. The zero-order valence-corrected chi connectivity index (χ0v) is 8.88. The maximum absolute atomic E-state index is 11.6. The van der Waals surface area contributed by atoms with Crippen LogP contribution in [-0.2, 0) is 5.45 Å². The molecule has 0 aliphatic carbocycles. The van der Waals surface area contributed by atoms with E-state index in [0.717, 1.165) is 9.08 Å². The Balaban J connectivity index is 2.82. The number of nitrogens with zero attached hydrogens (tertiary/aromatic N) is 5. The third-order valence-corrected chi connectivity index (χ3v) is 2.24. The standard InChI is InChI=1S/C6H5BrN6O2/c7-1-13-6(15)12-2-9-3(4(8)14)5(12)10-11-13/h2H,1H2,(H2,8,14). The summed E-state index contributed by atoms with van der Waals surface area (Å²) in [6, 6.07) is 0. The first-order chi connectivity index (χ1) is 7.15. The number of primary amides is 1. The van der Waals surface area contributed by atoms with Crippen LogP contribution in [0.4, 0.5) is 0 Å². The van der Waals surface area contributed by atoms with Crippen molar-refractivity contribution in [1.82, 2.24) is 24.4 Å². The number of hydrogen-bond donors (Lipinski definition) is 1. The van der Waals surface area contributed by atoms with Gasteiger partial charge in [-0.3, -0.25) is 4.79 Å². The van der Waals surface area contributed by atoms with Crippen molar-refractivity contribution in [1.29, 1.82) is 0 Å². The summed E-state index contributed by atoms with van der Waals surface area (Å²) in [6.07, 6.45) is 1.19. The molecule has 0 spiro atoms. The predicted octanol–water partition coefficient (Wildman–Crippen LogP) is -1.26. The number of halogens is 1. The number of aromatic nitrogens is 5. The number of carbonyl (C=O) groups excluding carboxylic acids is 1. The van der Waals surface area contributed by atoms with Crippen molar-refractivity contribution in [2.45, 2.75) is 5.45 Å². The second-order valence-electron chi connectivity index (χ2n) is 2.64. The van der Waals surface area contributed by atoms with E-state index in [-0.39, 0.29) is 16.8 Å². The minimum Gasteiger partial charge on any atom is -0.364 e. The Morgan fingerprint density at radius 1 is 1.60 bits per heavy atom. The first-order valence-electron chi connectivity index (χ1n) is 3.81. The smallest absolute Gasteiger partial charge is 0.353 e. The van der Waals surface area contributed by atoms with Gasteiger partial charge < -0.3 is 5.73 Å². The van der Waals surface area contributed by atoms with E-state index in [2.05, 4.69) is 31.2 Å². The number of rotatable bonds is 2. The maximum atomic E-state index is 11.6. The molecule has 1 amide bonds. The van der Waals surface area contributed by atoms with E-state index in [0.29, 0.717) is 0 Å². The Bertz CT molecular complexity index is 587. The van der Waals surface area contributed by atoms with Crippen LogP contribution in [0.25, 0.3) is 5.65 Å². The molecular formula is C6H5BrN6O2. The van der Waals surface area contributed by atoms with Gasteiger partial charge in [-0.2, -0.15) is 4.68 Å². The summed E-state index contributed by atoms with van der Waals surface area (Å²) in [6.45, 7) is 0. The van der Waals surface area contributed by atoms with Crippen LogP contribution >= 0.6 is 15.9 Å². The summed E-state index contributed by atoms with van der Waals surface area (Å²) in [7, 11) is 0. The quantitative estimate of drug-likeness (QED) is 0.687. The van der Waals surface area contributed by atoms with Crippen LogP contribution in [0, 0.1) is 0 Å². The third-order valence-electron chi connectivity index (χ3n) is 1.76. The highest BCUT2D eigenvalue weighted by Gasteiger charge is 2.14. The Morgan fingerprint density at radius 2 is 2.33 bits per heavy atom. The summed E-state index contributed by atoms with van der Waals surface area (Å²) in [5.74, 6) is -0.747. The van der Waals surface area contributed by atoms with E-state index < -0.39 is 11.6 Å². The predicted molar refractivity (Wildman–Crippen MR) is 52.5 cm³/mol. The van der Waals surface area contributed by atoms with Gasteiger partial charge in [0.05, 0.1) is 0 Å². The molecule has 0 bridgehead atoms. The highest BCUT2D eigenvalue weighted by molar-refractivity contribution is 9.08. The summed E-state index contributed by atoms with van der Waals surface area (Å²) >= 11 is 3.06. The molecule has 0 fully saturated rings. The molecule has 0 aromatic carbocycles. The number of fused-ring (bicyclic) bond motifs is 1. The van der Waals surface area contributed by atoms with E-state index in [9.17, 15) is 9.59 Å². The molecule has 2 rings (SSSR count). The molecule has 0 unspecified atom stereocenters. The molecule has 0 aliphatic heterocycles. The number of alkyl halides is 1. The van der Waals surface area contributed by atoms with Crippen molar-refractivity contribution in [2.24, 2.45) is 5.73 Å². The van der Waals surface area contributed by atoms with Gasteiger partial charge in [0.1, 0.15) is 11.8 Å². The third kappa shape index (κ3) is 1.40. The van der Waals surface area contributed by atoms with E-state index in [4.69, 9.17) is 5.73 Å². The highest BCUT2D eigenvalue weighted by atomic mass is 79.9. The maximum Gasteiger partial charge on any atom is 0.353 e. The second-order valence-corrected chi connectivity index (χ2v) is 3.14.